The van der Waals surface area contributed by atoms with E-state index in [2.05, 4.69) is 25.9 Å². The van der Waals surface area contributed by atoms with Gasteiger partial charge in [0, 0.05) is 24.8 Å². The molecule has 1 aliphatic carbocycles. The topological polar surface area (TPSA) is 96.9 Å². The third-order valence-electron chi connectivity index (χ3n) is 4.40. The zero-order valence-corrected chi connectivity index (χ0v) is 20.8. The highest BCUT2D eigenvalue weighted by atomic mass is 127. The number of amides is 1. The van der Waals surface area contributed by atoms with Crippen LogP contribution in [0.5, 0.6) is 5.75 Å². The Kier molecular flexibility index (Phi) is 11.8. The highest BCUT2D eigenvalue weighted by Gasteiger charge is 2.25. The van der Waals surface area contributed by atoms with Crippen LogP contribution in [-0.4, -0.2) is 54.4 Å². The lowest BCUT2D eigenvalue weighted by molar-refractivity contribution is 0.0490. The molecular weight excluding hydrogens is 497 g/mol. The Labute approximate surface area is 197 Å². The van der Waals surface area contributed by atoms with Crippen LogP contribution in [0.4, 0.5) is 4.79 Å². The first-order valence-electron chi connectivity index (χ1n) is 10.4. The molecule has 1 aromatic rings. The second-order valence-electron chi connectivity index (χ2n) is 8.14. The van der Waals surface area contributed by atoms with Gasteiger partial charge in [-0.15, -0.1) is 24.0 Å². The van der Waals surface area contributed by atoms with E-state index in [-0.39, 0.29) is 36.1 Å². The Morgan fingerprint density at radius 3 is 2.43 bits per heavy atom. The highest BCUT2D eigenvalue weighted by Crippen LogP contribution is 2.19. The number of pyridine rings is 1. The molecule has 0 saturated heterocycles. The van der Waals surface area contributed by atoms with Gasteiger partial charge >= 0.3 is 6.09 Å². The molecule has 0 aliphatic heterocycles. The van der Waals surface area contributed by atoms with Gasteiger partial charge in [0.15, 0.2) is 5.96 Å². The number of alkyl carbamates (subject to hydrolysis) is 1. The third kappa shape index (κ3) is 10.8. The lowest BCUT2D eigenvalue weighted by Gasteiger charge is -2.31. The normalized spacial score (nSPS) is 19.3. The monoisotopic (exact) mass is 533 g/mol. The Hall–Kier alpha value is -1.78. The number of carbonyl (C=O) groups is 1. The molecule has 3 N–H and O–H groups in total. The highest BCUT2D eigenvalue weighted by molar-refractivity contribution is 14.0. The van der Waals surface area contributed by atoms with E-state index in [1.54, 1.807) is 12.4 Å². The van der Waals surface area contributed by atoms with Crippen LogP contribution in [0.2, 0.25) is 0 Å². The maximum absolute atomic E-state index is 11.9. The van der Waals surface area contributed by atoms with Crippen LogP contribution in [0, 0.1) is 0 Å². The smallest absolute Gasteiger partial charge is 0.407 e. The number of ether oxygens (including phenoxy) is 2. The van der Waals surface area contributed by atoms with Gasteiger partial charge in [0.05, 0.1) is 12.7 Å². The molecule has 0 radical (unpaired) electrons. The first-order valence-corrected chi connectivity index (χ1v) is 10.4. The van der Waals surface area contributed by atoms with Gasteiger partial charge in [0.1, 0.15) is 18.0 Å². The SMILES string of the molecule is CCNC(=NCCOc1cccnc1)NC1CCC(NC(=O)OC(C)(C)C)CC1.I. The van der Waals surface area contributed by atoms with Crippen molar-refractivity contribution in [1.82, 2.24) is 20.9 Å². The van der Waals surface area contributed by atoms with Crippen molar-refractivity contribution in [2.75, 3.05) is 19.7 Å². The molecule has 9 heteroatoms. The predicted molar refractivity (Wildman–Crippen MR) is 130 cm³/mol. The second kappa shape index (κ2) is 13.5. The van der Waals surface area contributed by atoms with E-state index in [1.807, 2.05) is 39.8 Å². The van der Waals surface area contributed by atoms with Crippen LogP contribution in [-0.2, 0) is 4.74 Å². The summed E-state index contributed by atoms with van der Waals surface area (Å²) in [7, 11) is 0. The zero-order valence-electron chi connectivity index (χ0n) is 18.4. The number of guanidine groups is 1. The zero-order chi connectivity index (χ0) is 21.1. The molecule has 1 saturated carbocycles. The van der Waals surface area contributed by atoms with Gasteiger partial charge in [-0.3, -0.25) is 4.98 Å². The number of nitrogens with one attached hydrogen (secondary N) is 3. The van der Waals surface area contributed by atoms with Crippen molar-refractivity contribution in [1.29, 1.82) is 0 Å². The van der Waals surface area contributed by atoms with Crippen LogP contribution in [0.3, 0.4) is 0 Å². The minimum absolute atomic E-state index is 0. The molecule has 0 bridgehead atoms. The van der Waals surface area contributed by atoms with E-state index < -0.39 is 5.60 Å². The third-order valence-corrected chi connectivity index (χ3v) is 4.40. The summed E-state index contributed by atoms with van der Waals surface area (Å²) < 4.78 is 11.0. The maximum Gasteiger partial charge on any atom is 0.407 e. The molecule has 1 aromatic heterocycles. The average Bonchev–Trinajstić information content (AvgIpc) is 2.66. The molecule has 30 heavy (non-hydrogen) atoms. The molecule has 0 spiro atoms. The first kappa shape index (κ1) is 26.3. The molecule has 1 amide bonds. The molecule has 1 fully saturated rings. The standard InChI is InChI=1S/C21H35N5O3.HI/c1-5-23-19(24-13-14-28-18-7-6-12-22-15-18)25-16-8-10-17(11-9-16)26-20(27)29-21(2,3)4;/h6-7,12,15-17H,5,8-11,13-14H2,1-4H3,(H,26,27)(H2,23,24,25);1H. The Bertz CT molecular complexity index is 644. The number of aliphatic imine (C=N–C) groups is 1. The molecule has 170 valence electrons. The summed E-state index contributed by atoms with van der Waals surface area (Å²) in [6, 6.07) is 4.22. The molecule has 1 heterocycles. The molecule has 0 unspecified atom stereocenters. The van der Waals surface area contributed by atoms with Crippen LogP contribution in [0.15, 0.2) is 29.5 Å². The van der Waals surface area contributed by atoms with Crippen molar-refractivity contribution in [2.24, 2.45) is 4.99 Å². The van der Waals surface area contributed by atoms with Crippen molar-refractivity contribution in [3.05, 3.63) is 24.5 Å². The van der Waals surface area contributed by atoms with Crippen molar-refractivity contribution in [3.8, 4) is 5.75 Å². The first-order chi connectivity index (χ1) is 13.9. The predicted octanol–water partition coefficient (Wildman–Crippen LogP) is 3.47. The van der Waals surface area contributed by atoms with E-state index in [0.717, 1.165) is 43.9 Å². The molecule has 0 aromatic carbocycles. The van der Waals surface area contributed by atoms with Gasteiger partial charge < -0.3 is 25.4 Å². The van der Waals surface area contributed by atoms with Gasteiger partial charge in [-0.1, -0.05) is 0 Å². The van der Waals surface area contributed by atoms with Gasteiger partial charge in [-0.05, 0) is 65.5 Å². The Balaban J connectivity index is 0.00000450. The fourth-order valence-electron chi connectivity index (χ4n) is 3.12. The van der Waals surface area contributed by atoms with Gasteiger partial charge in [0.25, 0.3) is 0 Å². The molecular formula is C21H36IN5O3. The maximum atomic E-state index is 11.9. The van der Waals surface area contributed by atoms with Crippen molar-refractivity contribution >= 4 is 36.0 Å². The lowest BCUT2D eigenvalue weighted by Crippen LogP contribution is -2.48. The van der Waals surface area contributed by atoms with Gasteiger partial charge in [0.2, 0.25) is 0 Å². The summed E-state index contributed by atoms with van der Waals surface area (Å²) in [6.45, 7) is 9.51. The number of nitrogens with zero attached hydrogens (tertiary/aromatic N) is 2. The molecule has 2 rings (SSSR count). The molecule has 0 atom stereocenters. The number of hydrogen-bond donors (Lipinski definition) is 3. The van der Waals surface area contributed by atoms with Crippen molar-refractivity contribution in [3.63, 3.8) is 0 Å². The van der Waals surface area contributed by atoms with E-state index in [1.165, 1.54) is 0 Å². The van der Waals surface area contributed by atoms with Gasteiger partial charge in [-0.2, -0.15) is 0 Å². The summed E-state index contributed by atoms with van der Waals surface area (Å²) in [5.74, 6) is 1.54. The number of aromatic nitrogens is 1. The number of carbonyl (C=O) groups excluding carboxylic acids is 1. The minimum Gasteiger partial charge on any atom is -0.490 e. The van der Waals surface area contributed by atoms with Gasteiger partial charge in [-0.25, -0.2) is 9.79 Å². The minimum atomic E-state index is -0.471. The summed E-state index contributed by atoms with van der Waals surface area (Å²) >= 11 is 0. The molecule has 1 aliphatic rings. The second-order valence-corrected chi connectivity index (χ2v) is 8.14. The number of halogens is 1. The summed E-state index contributed by atoms with van der Waals surface area (Å²) in [4.78, 5) is 20.5. The lowest BCUT2D eigenvalue weighted by atomic mass is 9.91. The Morgan fingerprint density at radius 1 is 1.20 bits per heavy atom. The quantitative estimate of drug-likeness (QED) is 0.215. The molecule has 8 nitrogen and oxygen atoms in total. The van der Waals surface area contributed by atoms with Crippen LogP contribution >= 0.6 is 24.0 Å². The van der Waals surface area contributed by atoms with E-state index in [0.29, 0.717) is 19.2 Å². The largest absolute Gasteiger partial charge is 0.490 e. The van der Waals surface area contributed by atoms with Crippen LogP contribution in [0.25, 0.3) is 0 Å². The Morgan fingerprint density at radius 2 is 1.87 bits per heavy atom. The van der Waals surface area contributed by atoms with Crippen LogP contribution in [0.1, 0.15) is 53.4 Å². The van der Waals surface area contributed by atoms with Crippen molar-refractivity contribution < 1.29 is 14.3 Å². The van der Waals surface area contributed by atoms with Crippen molar-refractivity contribution in [2.45, 2.75) is 71.1 Å². The van der Waals surface area contributed by atoms with Crippen LogP contribution < -0.4 is 20.7 Å². The summed E-state index contributed by atoms with van der Waals surface area (Å²) in [5, 5.41) is 9.75. The fourth-order valence-corrected chi connectivity index (χ4v) is 3.12. The van der Waals surface area contributed by atoms with E-state index in [9.17, 15) is 4.79 Å². The number of hydrogen-bond acceptors (Lipinski definition) is 5. The average molecular weight is 533 g/mol. The fraction of sp³-hybridized carbons (Fsp3) is 0.667. The van der Waals surface area contributed by atoms with E-state index in [4.69, 9.17) is 9.47 Å². The summed E-state index contributed by atoms with van der Waals surface area (Å²) in [6.07, 6.45) is 6.85. The van der Waals surface area contributed by atoms with E-state index >= 15 is 0 Å². The summed E-state index contributed by atoms with van der Waals surface area (Å²) in [5.41, 5.74) is -0.471. The number of rotatable bonds is 7.